The van der Waals surface area contributed by atoms with E-state index in [9.17, 15) is 0 Å². The maximum atomic E-state index is 2.35. The van der Waals surface area contributed by atoms with E-state index in [-0.39, 0.29) is 0 Å². The molecule has 0 bridgehead atoms. The molecule has 0 aromatic heterocycles. The molecule has 0 aliphatic carbocycles. The maximum absolute atomic E-state index is 2.35. The second kappa shape index (κ2) is 16.1. The molecule has 0 amide bonds. The van der Waals surface area contributed by atoms with Gasteiger partial charge in [-0.3, -0.25) is 0 Å². The monoisotopic (exact) mass is 268 g/mol. The molecule has 19 heavy (non-hydrogen) atoms. The van der Waals surface area contributed by atoms with Crippen molar-refractivity contribution >= 4 is 0 Å². The number of hydrogen-bond donors (Lipinski definition) is 0. The summed E-state index contributed by atoms with van der Waals surface area (Å²) < 4.78 is 0. The summed E-state index contributed by atoms with van der Waals surface area (Å²) in [5.74, 6) is 1.04. The van der Waals surface area contributed by atoms with Gasteiger partial charge in [0, 0.05) is 0 Å². The van der Waals surface area contributed by atoms with Gasteiger partial charge in [0.1, 0.15) is 0 Å². The van der Waals surface area contributed by atoms with Crippen LogP contribution >= 0.6 is 0 Å². The summed E-state index contributed by atoms with van der Waals surface area (Å²) in [5, 5.41) is 0. The maximum Gasteiger partial charge on any atom is -0.0414 e. The van der Waals surface area contributed by atoms with E-state index in [2.05, 4.69) is 20.8 Å². The third kappa shape index (κ3) is 14.2. The Morgan fingerprint density at radius 2 is 0.842 bits per heavy atom. The van der Waals surface area contributed by atoms with Crippen molar-refractivity contribution < 1.29 is 0 Å². The molecule has 0 heteroatoms. The summed E-state index contributed by atoms with van der Waals surface area (Å²) in [5.41, 5.74) is 0. The third-order valence-corrected chi connectivity index (χ3v) is 4.38. The first kappa shape index (κ1) is 19.0. The van der Waals surface area contributed by atoms with Crippen LogP contribution in [-0.4, -0.2) is 0 Å². The molecule has 1 unspecified atom stereocenters. The van der Waals surface area contributed by atoms with E-state index in [0.29, 0.717) is 0 Å². The van der Waals surface area contributed by atoms with Gasteiger partial charge in [0.25, 0.3) is 0 Å². The standard InChI is InChI=1S/C19H40/c1-4-7-9-11-13-15-18-19(16-6-3)17-14-12-10-8-5-2/h19H,4-18H2,1-3H3. The van der Waals surface area contributed by atoms with E-state index in [4.69, 9.17) is 0 Å². The molecular weight excluding hydrogens is 228 g/mol. The predicted octanol–water partition coefficient (Wildman–Crippen LogP) is 7.51. The summed E-state index contributed by atoms with van der Waals surface area (Å²) in [4.78, 5) is 0. The second-order valence-electron chi connectivity index (χ2n) is 6.41. The van der Waals surface area contributed by atoms with Gasteiger partial charge in [-0.15, -0.1) is 0 Å². The fourth-order valence-corrected chi connectivity index (χ4v) is 3.09. The van der Waals surface area contributed by atoms with Crippen molar-refractivity contribution in [1.82, 2.24) is 0 Å². The van der Waals surface area contributed by atoms with Gasteiger partial charge in [-0.25, -0.2) is 0 Å². The predicted molar refractivity (Wildman–Crippen MR) is 89.8 cm³/mol. The lowest BCUT2D eigenvalue weighted by Crippen LogP contribution is -2.00. The molecule has 1 atom stereocenters. The fourth-order valence-electron chi connectivity index (χ4n) is 3.09. The van der Waals surface area contributed by atoms with Crippen LogP contribution in [0.3, 0.4) is 0 Å². The molecule has 0 heterocycles. The molecule has 0 aliphatic rings. The van der Waals surface area contributed by atoms with Crippen molar-refractivity contribution in [3.05, 3.63) is 0 Å². The van der Waals surface area contributed by atoms with E-state index in [1.807, 2.05) is 0 Å². The lowest BCUT2D eigenvalue weighted by atomic mass is 9.90. The molecule has 0 radical (unpaired) electrons. The minimum atomic E-state index is 1.04. The highest BCUT2D eigenvalue weighted by atomic mass is 14.1. The van der Waals surface area contributed by atoms with Crippen LogP contribution in [0.4, 0.5) is 0 Å². The Hall–Kier alpha value is 0. The quantitative estimate of drug-likeness (QED) is 0.269. The van der Waals surface area contributed by atoms with Crippen LogP contribution < -0.4 is 0 Å². The van der Waals surface area contributed by atoms with Crippen LogP contribution in [0.1, 0.15) is 117 Å². The molecule has 0 saturated heterocycles. The largest absolute Gasteiger partial charge is 0.0654 e. The molecule has 116 valence electrons. The van der Waals surface area contributed by atoms with Gasteiger partial charge < -0.3 is 0 Å². The molecule has 0 fully saturated rings. The Bertz CT molecular complexity index is 150. The summed E-state index contributed by atoms with van der Waals surface area (Å²) >= 11 is 0. The average Bonchev–Trinajstić information content (AvgIpc) is 2.42. The molecule has 0 spiro atoms. The summed E-state index contributed by atoms with van der Waals surface area (Å²) in [6, 6.07) is 0. The third-order valence-electron chi connectivity index (χ3n) is 4.38. The lowest BCUT2D eigenvalue weighted by molar-refractivity contribution is 0.377. The van der Waals surface area contributed by atoms with Crippen LogP contribution in [0.15, 0.2) is 0 Å². The minimum absolute atomic E-state index is 1.04. The fraction of sp³-hybridized carbons (Fsp3) is 1.00. The van der Waals surface area contributed by atoms with Crippen molar-refractivity contribution in [3.63, 3.8) is 0 Å². The number of rotatable bonds is 15. The van der Waals surface area contributed by atoms with Gasteiger partial charge in [0.2, 0.25) is 0 Å². The molecule has 0 aromatic carbocycles. The average molecular weight is 269 g/mol. The molecule has 0 aliphatic heterocycles. The topological polar surface area (TPSA) is 0 Å². The van der Waals surface area contributed by atoms with Gasteiger partial charge >= 0.3 is 0 Å². The van der Waals surface area contributed by atoms with Crippen molar-refractivity contribution in [1.29, 1.82) is 0 Å². The Kier molecular flexibility index (Phi) is 16.1. The molecule has 0 nitrogen and oxygen atoms in total. The zero-order valence-corrected chi connectivity index (χ0v) is 14.2. The van der Waals surface area contributed by atoms with E-state index in [1.54, 1.807) is 0 Å². The van der Waals surface area contributed by atoms with E-state index in [1.165, 1.54) is 96.3 Å². The zero-order valence-electron chi connectivity index (χ0n) is 14.2. The van der Waals surface area contributed by atoms with Crippen molar-refractivity contribution in [2.24, 2.45) is 5.92 Å². The van der Waals surface area contributed by atoms with Crippen LogP contribution in [0.25, 0.3) is 0 Å². The molecule has 0 rings (SSSR count). The van der Waals surface area contributed by atoms with Crippen LogP contribution in [-0.2, 0) is 0 Å². The molecular formula is C19H40. The SMILES string of the molecule is CCCCCCCCC(CCC)CCCCCCC. The summed E-state index contributed by atoms with van der Waals surface area (Å²) in [6.45, 7) is 6.96. The van der Waals surface area contributed by atoms with Crippen molar-refractivity contribution in [2.75, 3.05) is 0 Å². The minimum Gasteiger partial charge on any atom is -0.0654 e. The van der Waals surface area contributed by atoms with E-state index < -0.39 is 0 Å². The zero-order chi connectivity index (χ0) is 14.2. The van der Waals surface area contributed by atoms with Gasteiger partial charge in [-0.1, -0.05) is 117 Å². The molecule has 0 aromatic rings. The highest BCUT2D eigenvalue weighted by Gasteiger charge is 2.07. The van der Waals surface area contributed by atoms with Crippen molar-refractivity contribution in [2.45, 2.75) is 117 Å². The van der Waals surface area contributed by atoms with E-state index in [0.717, 1.165) is 5.92 Å². The first-order chi connectivity index (χ1) is 9.35. The van der Waals surface area contributed by atoms with Crippen LogP contribution in [0.5, 0.6) is 0 Å². The van der Waals surface area contributed by atoms with Crippen LogP contribution in [0, 0.1) is 5.92 Å². The van der Waals surface area contributed by atoms with Gasteiger partial charge in [-0.05, 0) is 5.92 Å². The number of unbranched alkanes of at least 4 members (excludes halogenated alkanes) is 9. The van der Waals surface area contributed by atoms with Crippen molar-refractivity contribution in [3.8, 4) is 0 Å². The Morgan fingerprint density at radius 3 is 1.26 bits per heavy atom. The van der Waals surface area contributed by atoms with Gasteiger partial charge in [-0.2, -0.15) is 0 Å². The number of hydrogen-bond acceptors (Lipinski definition) is 0. The highest BCUT2D eigenvalue weighted by molar-refractivity contribution is 4.60. The van der Waals surface area contributed by atoms with E-state index >= 15 is 0 Å². The van der Waals surface area contributed by atoms with Crippen LogP contribution in [0.2, 0.25) is 0 Å². The van der Waals surface area contributed by atoms with Gasteiger partial charge in [0.15, 0.2) is 0 Å². The smallest absolute Gasteiger partial charge is 0.0414 e. The summed E-state index contributed by atoms with van der Waals surface area (Å²) in [6.07, 6.45) is 21.8. The molecule has 0 N–H and O–H groups in total. The lowest BCUT2D eigenvalue weighted by Gasteiger charge is -2.16. The highest BCUT2D eigenvalue weighted by Crippen LogP contribution is 2.23. The Balaban J connectivity index is 3.45. The first-order valence-corrected chi connectivity index (χ1v) is 9.35. The summed E-state index contributed by atoms with van der Waals surface area (Å²) in [7, 11) is 0. The Morgan fingerprint density at radius 1 is 0.421 bits per heavy atom. The molecule has 0 saturated carbocycles. The van der Waals surface area contributed by atoms with Gasteiger partial charge in [0.05, 0.1) is 0 Å². The first-order valence-electron chi connectivity index (χ1n) is 9.35. The second-order valence-corrected chi connectivity index (χ2v) is 6.41. The Labute approximate surface area is 123 Å². The normalized spacial score (nSPS) is 12.8.